The highest BCUT2D eigenvalue weighted by Gasteiger charge is 2.17. The number of methoxy groups -OCH3 is 1. The molecule has 0 saturated carbocycles. The van der Waals surface area contributed by atoms with Gasteiger partial charge in [-0.2, -0.15) is 0 Å². The van der Waals surface area contributed by atoms with Crippen molar-refractivity contribution in [2.45, 2.75) is 11.3 Å². The standard InChI is InChI=1S/C21H23N3O4S2/c1-24(2)30(26,27)18-10-6-16(7-11-18)21(25)22-13-12-20-23-19(14-29-20)15-4-8-17(28-3)9-5-15/h4-11,14H,12-13H2,1-3H3,(H,22,25). The first-order chi connectivity index (χ1) is 14.3. The van der Waals surface area contributed by atoms with Crippen molar-refractivity contribution >= 4 is 27.3 Å². The lowest BCUT2D eigenvalue weighted by atomic mass is 10.2. The van der Waals surface area contributed by atoms with E-state index in [0.29, 0.717) is 18.5 Å². The Morgan fingerprint density at radius 3 is 2.37 bits per heavy atom. The summed E-state index contributed by atoms with van der Waals surface area (Å²) in [6, 6.07) is 13.6. The van der Waals surface area contributed by atoms with Crippen molar-refractivity contribution in [1.29, 1.82) is 0 Å². The van der Waals surface area contributed by atoms with Crippen molar-refractivity contribution in [3.8, 4) is 17.0 Å². The van der Waals surface area contributed by atoms with Crippen LogP contribution in [0.1, 0.15) is 15.4 Å². The van der Waals surface area contributed by atoms with Gasteiger partial charge in [0.15, 0.2) is 0 Å². The molecule has 1 amide bonds. The van der Waals surface area contributed by atoms with Gasteiger partial charge in [-0.05, 0) is 48.5 Å². The highest BCUT2D eigenvalue weighted by molar-refractivity contribution is 7.89. The van der Waals surface area contributed by atoms with Gasteiger partial charge >= 0.3 is 0 Å². The van der Waals surface area contributed by atoms with Gasteiger partial charge in [-0.25, -0.2) is 17.7 Å². The molecule has 0 aliphatic heterocycles. The number of amides is 1. The summed E-state index contributed by atoms with van der Waals surface area (Å²) in [4.78, 5) is 17.1. The number of carbonyl (C=O) groups excluding carboxylic acids is 1. The molecule has 30 heavy (non-hydrogen) atoms. The molecule has 1 aromatic heterocycles. The van der Waals surface area contributed by atoms with E-state index in [4.69, 9.17) is 4.74 Å². The Kier molecular flexibility index (Phi) is 6.86. The zero-order valence-corrected chi connectivity index (χ0v) is 18.6. The van der Waals surface area contributed by atoms with Gasteiger partial charge in [0, 0.05) is 43.6 Å². The number of nitrogens with one attached hydrogen (secondary N) is 1. The lowest BCUT2D eigenvalue weighted by Gasteiger charge is -2.11. The number of nitrogens with zero attached hydrogens (tertiary/aromatic N) is 2. The topological polar surface area (TPSA) is 88.6 Å². The molecule has 0 aliphatic carbocycles. The normalized spacial score (nSPS) is 11.5. The second-order valence-electron chi connectivity index (χ2n) is 6.67. The third-order valence-electron chi connectivity index (χ3n) is 4.46. The number of rotatable bonds is 8. The van der Waals surface area contributed by atoms with Gasteiger partial charge in [-0.15, -0.1) is 11.3 Å². The maximum absolute atomic E-state index is 12.3. The Balaban J connectivity index is 1.55. The SMILES string of the molecule is COc1ccc(-c2csc(CCNC(=O)c3ccc(S(=O)(=O)N(C)C)cc3)n2)cc1. The fraction of sp³-hybridized carbons (Fsp3) is 0.238. The predicted octanol–water partition coefficient (Wildman–Crippen LogP) is 3.04. The van der Waals surface area contributed by atoms with Crippen molar-refractivity contribution < 1.29 is 17.9 Å². The van der Waals surface area contributed by atoms with E-state index in [1.54, 1.807) is 18.4 Å². The molecule has 9 heteroatoms. The first-order valence-corrected chi connectivity index (χ1v) is 11.5. The second-order valence-corrected chi connectivity index (χ2v) is 9.77. The van der Waals surface area contributed by atoms with Crippen LogP contribution < -0.4 is 10.1 Å². The molecular formula is C21H23N3O4S2. The van der Waals surface area contributed by atoms with Crippen LogP contribution in [0.4, 0.5) is 0 Å². The molecule has 158 valence electrons. The molecule has 0 bridgehead atoms. The Morgan fingerprint density at radius 2 is 1.77 bits per heavy atom. The molecule has 7 nitrogen and oxygen atoms in total. The quantitative estimate of drug-likeness (QED) is 0.576. The highest BCUT2D eigenvalue weighted by atomic mass is 32.2. The summed E-state index contributed by atoms with van der Waals surface area (Å²) in [5, 5.41) is 5.76. The second kappa shape index (κ2) is 9.38. The average molecular weight is 446 g/mol. The van der Waals surface area contributed by atoms with E-state index in [2.05, 4.69) is 10.3 Å². The zero-order chi connectivity index (χ0) is 21.7. The molecular weight excluding hydrogens is 422 g/mol. The lowest BCUT2D eigenvalue weighted by molar-refractivity contribution is 0.0954. The van der Waals surface area contributed by atoms with Gasteiger partial charge in [-0.3, -0.25) is 4.79 Å². The molecule has 2 aromatic carbocycles. The lowest BCUT2D eigenvalue weighted by Crippen LogP contribution is -2.26. The summed E-state index contributed by atoms with van der Waals surface area (Å²) in [5.74, 6) is 0.542. The fourth-order valence-electron chi connectivity index (χ4n) is 2.69. The van der Waals surface area contributed by atoms with Crippen molar-refractivity contribution in [2.24, 2.45) is 0 Å². The number of ether oxygens (including phenoxy) is 1. The molecule has 0 fully saturated rings. The van der Waals surface area contributed by atoms with E-state index in [1.807, 2.05) is 29.6 Å². The van der Waals surface area contributed by atoms with Crippen LogP contribution in [0.3, 0.4) is 0 Å². The van der Waals surface area contributed by atoms with E-state index < -0.39 is 10.0 Å². The first-order valence-electron chi connectivity index (χ1n) is 9.21. The molecule has 0 atom stereocenters. The van der Waals surface area contributed by atoms with Crippen molar-refractivity contribution in [1.82, 2.24) is 14.6 Å². The molecule has 1 heterocycles. The van der Waals surface area contributed by atoms with Crippen LogP contribution in [0.15, 0.2) is 58.8 Å². The highest BCUT2D eigenvalue weighted by Crippen LogP contribution is 2.24. The predicted molar refractivity (Wildman–Crippen MR) is 117 cm³/mol. The van der Waals surface area contributed by atoms with Crippen LogP contribution in [0.5, 0.6) is 5.75 Å². The Morgan fingerprint density at radius 1 is 1.10 bits per heavy atom. The number of benzene rings is 2. The Bertz CT molecular complexity index is 1110. The van der Waals surface area contributed by atoms with Crippen molar-refractivity contribution in [3.63, 3.8) is 0 Å². The molecule has 0 spiro atoms. The van der Waals surface area contributed by atoms with E-state index in [0.717, 1.165) is 26.3 Å². The summed E-state index contributed by atoms with van der Waals surface area (Å²) < 4.78 is 30.5. The number of aromatic nitrogens is 1. The van der Waals surface area contributed by atoms with E-state index in [1.165, 1.54) is 38.4 Å². The van der Waals surface area contributed by atoms with E-state index in [-0.39, 0.29) is 10.8 Å². The summed E-state index contributed by atoms with van der Waals surface area (Å²) in [7, 11) is 1.05. The van der Waals surface area contributed by atoms with Crippen LogP contribution in [-0.4, -0.2) is 51.4 Å². The van der Waals surface area contributed by atoms with Crippen LogP contribution in [0.25, 0.3) is 11.3 Å². The number of hydrogen-bond donors (Lipinski definition) is 1. The molecule has 1 N–H and O–H groups in total. The average Bonchev–Trinajstić information content (AvgIpc) is 3.22. The summed E-state index contributed by atoms with van der Waals surface area (Å²) in [6.45, 7) is 0.437. The summed E-state index contributed by atoms with van der Waals surface area (Å²) >= 11 is 1.54. The fourth-order valence-corrected chi connectivity index (χ4v) is 4.40. The summed E-state index contributed by atoms with van der Waals surface area (Å²) in [5.41, 5.74) is 2.31. The minimum Gasteiger partial charge on any atom is -0.497 e. The molecule has 0 radical (unpaired) electrons. The van der Waals surface area contributed by atoms with E-state index >= 15 is 0 Å². The maximum atomic E-state index is 12.3. The van der Waals surface area contributed by atoms with Gasteiger partial charge in [0.2, 0.25) is 10.0 Å². The van der Waals surface area contributed by atoms with Crippen molar-refractivity contribution in [3.05, 3.63) is 64.5 Å². The van der Waals surface area contributed by atoms with Gasteiger partial charge in [0.25, 0.3) is 5.91 Å². The number of carbonyl (C=O) groups is 1. The Hall–Kier alpha value is -2.75. The molecule has 0 aliphatic rings. The van der Waals surface area contributed by atoms with Crippen LogP contribution in [0.2, 0.25) is 0 Å². The van der Waals surface area contributed by atoms with Crippen molar-refractivity contribution in [2.75, 3.05) is 27.7 Å². The molecule has 0 saturated heterocycles. The van der Waals surface area contributed by atoms with Crippen LogP contribution in [0, 0.1) is 0 Å². The monoisotopic (exact) mass is 445 g/mol. The molecule has 3 aromatic rings. The Labute approximate surface area is 180 Å². The summed E-state index contributed by atoms with van der Waals surface area (Å²) in [6.07, 6.45) is 0.611. The van der Waals surface area contributed by atoms with E-state index in [9.17, 15) is 13.2 Å². The molecule has 0 unspecified atom stereocenters. The van der Waals surface area contributed by atoms with Gasteiger partial charge < -0.3 is 10.1 Å². The first kappa shape index (κ1) is 21.9. The third kappa shape index (κ3) is 5.05. The number of thiazole rings is 1. The van der Waals surface area contributed by atoms with Crippen LogP contribution >= 0.6 is 11.3 Å². The zero-order valence-electron chi connectivity index (χ0n) is 17.0. The maximum Gasteiger partial charge on any atom is 0.251 e. The molecule has 3 rings (SSSR count). The number of hydrogen-bond acceptors (Lipinski definition) is 6. The minimum absolute atomic E-state index is 0.151. The number of sulfonamides is 1. The van der Waals surface area contributed by atoms with Gasteiger partial charge in [-0.1, -0.05) is 0 Å². The van der Waals surface area contributed by atoms with Gasteiger partial charge in [0.1, 0.15) is 5.75 Å². The smallest absolute Gasteiger partial charge is 0.251 e. The third-order valence-corrected chi connectivity index (χ3v) is 7.19. The largest absolute Gasteiger partial charge is 0.497 e. The van der Waals surface area contributed by atoms with Gasteiger partial charge in [0.05, 0.1) is 22.7 Å². The van der Waals surface area contributed by atoms with Crippen LogP contribution in [-0.2, 0) is 16.4 Å². The minimum atomic E-state index is -3.51.